The van der Waals surface area contributed by atoms with Crippen LogP contribution in [0.2, 0.25) is 0 Å². The van der Waals surface area contributed by atoms with Crippen molar-refractivity contribution >= 4 is 28.3 Å². The second kappa shape index (κ2) is 9.09. The van der Waals surface area contributed by atoms with Crippen LogP contribution in [0.1, 0.15) is 63.4 Å². The quantitative estimate of drug-likeness (QED) is 0.645. The van der Waals surface area contributed by atoms with Crippen LogP contribution >= 0.6 is 0 Å². The highest BCUT2D eigenvalue weighted by Gasteiger charge is 2.44. The summed E-state index contributed by atoms with van der Waals surface area (Å²) in [6.45, 7) is 2.68. The van der Waals surface area contributed by atoms with Crippen LogP contribution in [0, 0.1) is 0 Å². The van der Waals surface area contributed by atoms with Gasteiger partial charge in [0.15, 0.2) is 11.6 Å². The maximum Gasteiger partial charge on any atom is 0.305 e. The first-order valence-electron chi connectivity index (χ1n) is 12.2. The Labute approximate surface area is 198 Å². The SMILES string of the molecule is CCOc1ccc2ccccc2c1C1C2=C(CCCC2=O)N(CCC(=O)O)C2=C1C(=O)CCC2. The Hall–Kier alpha value is -3.41. The Morgan fingerprint density at radius 3 is 2.24 bits per heavy atom. The molecule has 0 unspecified atom stereocenters. The van der Waals surface area contributed by atoms with Crippen LogP contribution in [0.25, 0.3) is 10.8 Å². The van der Waals surface area contributed by atoms with Crippen LogP contribution < -0.4 is 4.74 Å². The van der Waals surface area contributed by atoms with Crippen molar-refractivity contribution in [3.63, 3.8) is 0 Å². The minimum atomic E-state index is -0.886. The van der Waals surface area contributed by atoms with Gasteiger partial charge in [0.1, 0.15) is 5.75 Å². The van der Waals surface area contributed by atoms with Crippen molar-refractivity contribution in [3.8, 4) is 5.75 Å². The molecule has 0 spiro atoms. The number of Topliss-reactive ketones (excluding diaryl/α,β-unsaturated/α-hetero) is 2. The summed E-state index contributed by atoms with van der Waals surface area (Å²) >= 11 is 0. The molecule has 1 aliphatic heterocycles. The van der Waals surface area contributed by atoms with Gasteiger partial charge in [-0.15, -0.1) is 0 Å². The molecule has 0 saturated carbocycles. The summed E-state index contributed by atoms with van der Waals surface area (Å²) in [5.74, 6) is -0.581. The zero-order chi connectivity index (χ0) is 23.8. The predicted molar refractivity (Wildman–Crippen MR) is 129 cm³/mol. The Kier molecular flexibility index (Phi) is 5.98. The maximum absolute atomic E-state index is 13.5. The maximum atomic E-state index is 13.5. The van der Waals surface area contributed by atoms with Crippen molar-refractivity contribution in [1.82, 2.24) is 4.90 Å². The number of carboxylic acid groups (broad SMARTS) is 1. The molecule has 0 aromatic heterocycles. The summed E-state index contributed by atoms with van der Waals surface area (Å²) in [6.07, 6.45) is 3.71. The van der Waals surface area contributed by atoms with Crippen molar-refractivity contribution in [3.05, 3.63) is 64.5 Å². The number of ether oxygens (including phenoxy) is 1. The van der Waals surface area contributed by atoms with Gasteiger partial charge in [0, 0.05) is 53.4 Å². The van der Waals surface area contributed by atoms with E-state index in [2.05, 4.69) is 0 Å². The Balaban J connectivity index is 1.81. The van der Waals surface area contributed by atoms with Gasteiger partial charge in [-0.3, -0.25) is 14.4 Å². The van der Waals surface area contributed by atoms with Crippen molar-refractivity contribution in [2.75, 3.05) is 13.2 Å². The first-order valence-corrected chi connectivity index (χ1v) is 12.2. The zero-order valence-electron chi connectivity index (χ0n) is 19.4. The Morgan fingerprint density at radius 2 is 1.62 bits per heavy atom. The second-order valence-electron chi connectivity index (χ2n) is 9.13. The third kappa shape index (κ3) is 3.71. The average molecular weight is 460 g/mol. The third-order valence-corrected chi connectivity index (χ3v) is 7.15. The number of hydrogen-bond donors (Lipinski definition) is 1. The van der Waals surface area contributed by atoms with Gasteiger partial charge in [0.25, 0.3) is 0 Å². The molecule has 176 valence electrons. The standard InChI is InChI=1S/C28H29NO5/c1-2-34-23-14-13-17-7-3-4-8-18(17)25(23)28-26-19(9-5-11-21(26)30)29(16-15-24(32)33)20-10-6-12-22(31)27(20)28/h3-4,7-8,13-14,28H,2,5-6,9-12,15-16H2,1H3,(H,32,33). The number of carboxylic acids is 1. The van der Waals surface area contributed by atoms with Crippen LogP contribution in [-0.4, -0.2) is 40.7 Å². The highest BCUT2D eigenvalue weighted by molar-refractivity contribution is 6.08. The number of allylic oxidation sites excluding steroid dienone is 4. The van der Waals surface area contributed by atoms with Crippen LogP contribution in [0.4, 0.5) is 0 Å². The molecule has 0 amide bonds. The predicted octanol–water partition coefficient (Wildman–Crippen LogP) is 5.13. The first-order chi connectivity index (χ1) is 16.5. The van der Waals surface area contributed by atoms with Gasteiger partial charge in [-0.05, 0) is 49.4 Å². The fourth-order valence-corrected chi connectivity index (χ4v) is 5.84. The lowest BCUT2D eigenvalue weighted by molar-refractivity contribution is -0.137. The molecule has 3 aliphatic rings. The van der Waals surface area contributed by atoms with Crippen LogP contribution in [0.3, 0.4) is 0 Å². The van der Waals surface area contributed by atoms with Gasteiger partial charge < -0.3 is 14.7 Å². The van der Waals surface area contributed by atoms with Crippen molar-refractivity contribution in [1.29, 1.82) is 0 Å². The molecular weight excluding hydrogens is 430 g/mol. The highest BCUT2D eigenvalue weighted by atomic mass is 16.5. The summed E-state index contributed by atoms with van der Waals surface area (Å²) in [6, 6.07) is 12.0. The lowest BCUT2D eigenvalue weighted by atomic mass is 9.70. The number of rotatable bonds is 6. The molecule has 34 heavy (non-hydrogen) atoms. The largest absolute Gasteiger partial charge is 0.494 e. The number of hydrogen-bond acceptors (Lipinski definition) is 5. The molecule has 0 saturated heterocycles. The van der Waals surface area contributed by atoms with Gasteiger partial charge in [0.2, 0.25) is 0 Å². The Bertz CT molecular complexity index is 1210. The lowest BCUT2D eigenvalue weighted by Crippen LogP contribution is -2.40. The van der Waals surface area contributed by atoms with Crippen molar-refractivity contribution in [2.45, 2.75) is 57.8 Å². The van der Waals surface area contributed by atoms with E-state index in [-0.39, 0.29) is 24.5 Å². The fraction of sp³-hybridized carbons (Fsp3) is 0.393. The highest BCUT2D eigenvalue weighted by Crippen LogP contribution is 2.52. The summed E-state index contributed by atoms with van der Waals surface area (Å²) in [7, 11) is 0. The topological polar surface area (TPSA) is 83.9 Å². The monoisotopic (exact) mass is 459 g/mol. The molecule has 5 rings (SSSR count). The van der Waals surface area contributed by atoms with E-state index in [0.717, 1.165) is 40.6 Å². The molecule has 0 fully saturated rings. The van der Waals surface area contributed by atoms with Crippen LogP contribution in [-0.2, 0) is 14.4 Å². The minimum absolute atomic E-state index is 0.0426. The van der Waals surface area contributed by atoms with E-state index < -0.39 is 11.9 Å². The molecule has 2 aromatic rings. The van der Waals surface area contributed by atoms with E-state index in [0.29, 0.717) is 49.2 Å². The molecular formula is C28H29NO5. The number of fused-ring (bicyclic) bond motifs is 1. The summed E-state index contributed by atoms with van der Waals surface area (Å²) in [5.41, 5.74) is 3.98. The number of ketones is 2. The average Bonchev–Trinajstić information content (AvgIpc) is 2.83. The van der Waals surface area contributed by atoms with E-state index in [1.54, 1.807) is 0 Å². The van der Waals surface area contributed by atoms with E-state index in [9.17, 15) is 19.5 Å². The number of carbonyl (C=O) groups excluding carboxylic acids is 2. The molecule has 2 aliphatic carbocycles. The first kappa shape index (κ1) is 22.4. The van der Waals surface area contributed by atoms with Gasteiger partial charge in [-0.1, -0.05) is 30.3 Å². The normalized spacial score (nSPS) is 18.9. The number of carbonyl (C=O) groups is 3. The smallest absolute Gasteiger partial charge is 0.305 e. The van der Waals surface area contributed by atoms with E-state index in [4.69, 9.17) is 4.74 Å². The molecule has 0 radical (unpaired) electrons. The van der Waals surface area contributed by atoms with Gasteiger partial charge in [0.05, 0.1) is 13.0 Å². The molecule has 6 heteroatoms. The Morgan fingerprint density at radius 1 is 0.971 bits per heavy atom. The number of benzene rings is 2. The minimum Gasteiger partial charge on any atom is -0.494 e. The van der Waals surface area contributed by atoms with Crippen LogP contribution in [0.5, 0.6) is 5.75 Å². The molecule has 0 atom stereocenters. The summed E-state index contributed by atoms with van der Waals surface area (Å²) < 4.78 is 6.07. The van der Waals surface area contributed by atoms with Gasteiger partial charge >= 0.3 is 5.97 Å². The zero-order valence-corrected chi connectivity index (χ0v) is 19.4. The summed E-state index contributed by atoms with van der Waals surface area (Å²) in [5, 5.41) is 11.4. The molecule has 6 nitrogen and oxygen atoms in total. The number of aliphatic carboxylic acids is 1. The van der Waals surface area contributed by atoms with E-state index >= 15 is 0 Å². The van der Waals surface area contributed by atoms with E-state index in [1.165, 1.54) is 0 Å². The molecule has 1 N–H and O–H groups in total. The molecule has 1 heterocycles. The summed E-state index contributed by atoms with van der Waals surface area (Å²) in [4.78, 5) is 40.4. The van der Waals surface area contributed by atoms with Crippen molar-refractivity contribution < 1.29 is 24.2 Å². The van der Waals surface area contributed by atoms with Crippen LogP contribution in [0.15, 0.2) is 58.9 Å². The third-order valence-electron chi connectivity index (χ3n) is 7.15. The van der Waals surface area contributed by atoms with Gasteiger partial charge in [-0.25, -0.2) is 0 Å². The van der Waals surface area contributed by atoms with E-state index in [1.807, 2.05) is 48.2 Å². The molecule has 0 bridgehead atoms. The van der Waals surface area contributed by atoms with Crippen molar-refractivity contribution in [2.24, 2.45) is 0 Å². The molecule has 2 aromatic carbocycles. The fourth-order valence-electron chi connectivity index (χ4n) is 5.84. The number of nitrogens with zero attached hydrogens (tertiary/aromatic N) is 1. The second-order valence-corrected chi connectivity index (χ2v) is 9.13. The van der Waals surface area contributed by atoms with Gasteiger partial charge in [-0.2, -0.15) is 0 Å². The lowest BCUT2D eigenvalue weighted by Gasteiger charge is -2.44.